The minimum Gasteiger partial charge on any atom is -0.349 e. The Balaban J connectivity index is 2.32. The van der Waals surface area contributed by atoms with Crippen molar-refractivity contribution in [3.05, 3.63) is 0 Å². The van der Waals surface area contributed by atoms with Gasteiger partial charge in [-0.2, -0.15) is 0 Å². The maximum atomic E-state index is 5.77. The minimum atomic E-state index is -0.167. The maximum absolute atomic E-state index is 5.77. The van der Waals surface area contributed by atoms with Crippen LogP contribution in [0.5, 0.6) is 0 Å². The van der Waals surface area contributed by atoms with E-state index in [0.717, 1.165) is 0 Å². The molecule has 3 heteroatoms. The minimum absolute atomic E-state index is 0.0162. The Hall–Kier alpha value is -0.120. The summed E-state index contributed by atoms with van der Waals surface area (Å²) in [5.74, 6) is 0.420. The Labute approximate surface area is 61.5 Å². The van der Waals surface area contributed by atoms with Gasteiger partial charge in [-0.25, -0.2) is 0 Å². The lowest BCUT2D eigenvalue weighted by Crippen LogP contribution is -2.39. The molecule has 0 aromatic carbocycles. The van der Waals surface area contributed by atoms with Crippen molar-refractivity contribution in [2.75, 3.05) is 13.2 Å². The van der Waals surface area contributed by atoms with E-state index in [1.165, 1.54) is 0 Å². The van der Waals surface area contributed by atoms with Gasteiger partial charge in [0.25, 0.3) is 0 Å². The number of rotatable bonds is 2. The predicted molar refractivity (Wildman–Crippen MR) is 38.5 cm³/mol. The highest BCUT2D eigenvalue weighted by Crippen LogP contribution is 2.12. The molecule has 1 aliphatic heterocycles. The quantitative estimate of drug-likeness (QED) is 0.609. The average molecular weight is 145 g/mol. The molecule has 0 aromatic rings. The highest BCUT2D eigenvalue weighted by Gasteiger charge is 2.25. The van der Waals surface area contributed by atoms with Crippen molar-refractivity contribution in [1.82, 2.24) is 0 Å². The summed E-state index contributed by atoms with van der Waals surface area (Å²) in [6.45, 7) is 5.50. The molecule has 1 saturated heterocycles. The second kappa shape index (κ2) is 3.32. The summed E-state index contributed by atoms with van der Waals surface area (Å²) in [7, 11) is 0. The Kier molecular flexibility index (Phi) is 2.65. The van der Waals surface area contributed by atoms with Crippen LogP contribution in [0.25, 0.3) is 0 Å². The van der Waals surface area contributed by atoms with Crippen LogP contribution in [0.3, 0.4) is 0 Å². The molecule has 3 nitrogen and oxygen atoms in total. The Morgan fingerprint density at radius 3 is 2.20 bits per heavy atom. The molecule has 0 aliphatic carbocycles. The molecular formula is C7H15NO2. The normalized spacial score (nSPS) is 24.0. The fraction of sp³-hybridized carbons (Fsp3) is 1.00. The van der Waals surface area contributed by atoms with E-state index in [2.05, 4.69) is 13.8 Å². The van der Waals surface area contributed by atoms with Crippen LogP contribution in [0.2, 0.25) is 0 Å². The Morgan fingerprint density at radius 2 is 1.80 bits per heavy atom. The molecule has 0 radical (unpaired) electrons. The molecule has 0 aromatic heterocycles. The summed E-state index contributed by atoms with van der Waals surface area (Å²) >= 11 is 0. The highest BCUT2D eigenvalue weighted by atomic mass is 16.7. The molecule has 0 saturated carbocycles. The van der Waals surface area contributed by atoms with Gasteiger partial charge < -0.3 is 15.2 Å². The molecule has 2 N–H and O–H groups in total. The molecule has 1 fully saturated rings. The van der Waals surface area contributed by atoms with Crippen LogP contribution in [0.15, 0.2) is 0 Å². The van der Waals surface area contributed by atoms with Crippen molar-refractivity contribution in [3.63, 3.8) is 0 Å². The van der Waals surface area contributed by atoms with Crippen LogP contribution in [0.1, 0.15) is 13.8 Å². The number of hydrogen-bond donors (Lipinski definition) is 1. The zero-order valence-electron chi connectivity index (χ0n) is 6.54. The van der Waals surface area contributed by atoms with Crippen molar-refractivity contribution in [1.29, 1.82) is 0 Å². The van der Waals surface area contributed by atoms with E-state index in [4.69, 9.17) is 15.2 Å². The molecule has 1 atom stereocenters. The van der Waals surface area contributed by atoms with E-state index in [1.807, 2.05) is 0 Å². The zero-order chi connectivity index (χ0) is 7.56. The first kappa shape index (κ1) is 7.98. The first-order chi connectivity index (χ1) is 4.72. The average Bonchev–Trinajstić information content (AvgIpc) is 2.36. The van der Waals surface area contributed by atoms with Gasteiger partial charge in [0, 0.05) is 0 Å². The molecular weight excluding hydrogens is 130 g/mol. The van der Waals surface area contributed by atoms with Crippen LogP contribution in [-0.4, -0.2) is 25.5 Å². The van der Waals surface area contributed by atoms with Gasteiger partial charge >= 0.3 is 0 Å². The topological polar surface area (TPSA) is 44.5 Å². The van der Waals surface area contributed by atoms with Gasteiger partial charge in [0.15, 0.2) is 6.29 Å². The maximum Gasteiger partial charge on any atom is 0.172 e. The van der Waals surface area contributed by atoms with Gasteiger partial charge in [-0.15, -0.1) is 0 Å². The second-order valence-corrected chi connectivity index (χ2v) is 2.93. The first-order valence-corrected chi connectivity index (χ1v) is 3.70. The van der Waals surface area contributed by atoms with Gasteiger partial charge in [0.05, 0.1) is 19.3 Å². The fourth-order valence-corrected chi connectivity index (χ4v) is 0.913. The molecule has 10 heavy (non-hydrogen) atoms. The first-order valence-electron chi connectivity index (χ1n) is 3.70. The molecule has 1 rings (SSSR count). The lowest BCUT2D eigenvalue weighted by Gasteiger charge is -2.20. The van der Waals surface area contributed by atoms with Crippen LogP contribution >= 0.6 is 0 Å². The Morgan fingerprint density at radius 1 is 1.30 bits per heavy atom. The van der Waals surface area contributed by atoms with Crippen molar-refractivity contribution in [2.24, 2.45) is 11.7 Å². The number of hydrogen-bond acceptors (Lipinski definition) is 3. The highest BCUT2D eigenvalue weighted by molar-refractivity contribution is 4.71. The predicted octanol–water partition coefficient (Wildman–Crippen LogP) is 0.343. The summed E-state index contributed by atoms with van der Waals surface area (Å²) in [4.78, 5) is 0. The molecule has 1 aliphatic rings. The molecule has 0 amide bonds. The van der Waals surface area contributed by atoms with Gasteiger partial charge in [-0.3, -0.25) is 0 Å². The monoisotopic (exact) mass is 145 g/mol. The molecule has 1 heterocycles. The largest absolute Gasteiger partial charge is 0.349 e. The van der Waals surface area contributed by atoms with Crippen LogP contribution < -0.4 is 5.73 Å². The lowest BCUT2D eigenvalue weighted by molar-refractivity contribution is -0.0679. The standard InChI is InChI=1S/C7H15NO2/c1-5(2)6(8)7-9-3-4-10-7/h5-7H,3-4,8H2,1-2H3/t6-/m0/s1. The van der Waals surface area contributed by atoms with Gasteiger partial charge in [0.1, 0.15) is 0 Å². The van der Waals surface area contributed by atoms with E-state index < -0.39 is 0 Å². The second-order valence-electron chi connectivity index (χ2n) is 2.93. The van der Waals surface area contributed by atoms with E-state index in [-0.39, 0.29) is 12.3 Å². The molecule has 60 valence electrons. The van der Waals surface area contributed by atoms with Crippen LogP contribution in [0.4, 0.5) is 0 Å². The van der Waals surface area contributed by atoms with Crippen LogP contribution in [0, 0.1) is 5.92 Å². The third kappa shape index (κ3) is 1.68. The van der Waals surface area contributed by atoms with E-state index in [9.17, 15) is 0 Å². The lowest BCUT2D eigenvalue weighted by atomic mass is 10.1. The number of ether oxygens (including phenoxy) is 2. The SMILES string of the molecule is CC(C)[C@H](N)C1OCCO1. The van der Waals surface area contributed by atoms with Crippen molar-refractivity contribution < 1.29 is 9.47 Å². The summed E-state index contributed by atoms with van der Waals surface area (Å²) < 4.78 is 10.5. The summed E-state index contributed by atoms with van der Waals surface area (Å²) in [5, 5.41) is 0. The fourth-order valence-electron chi connectivity index (χ4n) is 0.913. The Bertz CT molecular complexity index is 99.8. The van der Waals surface area contributed by atoms with E-state index in [1.54, 1.807) is 0 Å². The van der Waals surface area contributed by atoms with E-state index >= 15 is 0 Å². The van der Waals surface area contributed by atoms with Crippen molar-refractivity contribution in [3.8, 4) is 0 Å². The third-order valence-electron chi connectivity index (χ3n) is 1.73. The summed E-state index contributed by atoms with van der Waals surface area (Å²) in [5.41, 5.74) is 5.77. The van der Waals surface area contributed by atoms with Crippen molar-refractivity contribution >= 4 is 0 Å². The molecule has 0 bridgehead atoms. The molecule has 0 spiro atoms. The molecule has 0 unspecified atom stereocenters. The zero-order valence-corrected chi connectivity index (χ0v) is 6.54. The van der Waals surface area contributed by atoms with Crippen molar-refractivity contribution in [2.45, 2.75) is 26.2 Å². The van der Waals surface area contributed by atoms with Gasteiger partial charge in [-0.1, -0.05) is 13.8 Å². The third-order valence-corrected chi connectivity index (χ3v) is 1.73. The van der Waals surface area contributed by atoms with Gasteiger partial charge in [-0.05, 0) is 5.92 Å². The van der Waals surface area contributed by atoms with Crippen LogP contribution in [-0.2, 0) is 9.47 Å². The summed E-state index contributed by atoms with van der Waals surface area (Å²) in [6.07, 6.45) is -0.167. The van der Waals surface area contributed by atoms with E-state index in [0.29, 0.717) is 19.1 Å². The number of nitrogens with two attached hydrogens (primary N) is 1. The van der Waals surface area contributed by atoms with Gasteiger partial charge in [0.2, 0.25) is 0 Å². The smallest absolute Gasteiger partial charge is 0.172 e. The summed E-state index contributed by atoms with van der Waals surface area (Å²) in [6, 6.07) is 0.0162.